The van der Waals surface area contributed by atoms with Crippen LogP contribution in [0.25, 0.3) is 16.8 Å². The lowest BCUT2D eigenvalue weighted by molar-refractivity contribution is -0.136. The summed E-state index contributed by atoms with van der Waals surface area (Å²) in [4.78, 5) is 32.3. The Labute approximate surface area is 294 Å². The maximum absolute atomic E-state index is 14.3. The van der Waals surface area contributed by atoms with Crippen molar-refractivity contribution in [2.45, 2.75) is 26.5 Å². The summed E-state index contributed by atoms with van der Waals surface area (Å²) >= 11 is 3.44. The van der Waals surface area contributed by atoms with Gasteiger partial charge in [-0.3, -0.25) is 9.36 Å². The number of hydrogen-bond acceptors (Lipinski definition) is 9. The zero-order valence-corrected chi connectivity index (χ0v) is 29.8. The summed E-state index contributed by atoms with van der Waals surface area (Å²) in [7, 11) is 2.90. The molecule has 0 amide bonds. The summed E-state index contributed by atoms with van der Waals surface area (Å²) in [5.41, 5.74) is 2.25. The lowest BCUT2D eigenvalue weighted by atomic mass is 9.97. The maximum Gasteiger partial charge on any atom is 0.337 e. The van der Waals surface area contributed by atoms with Gasteiger partial charge < -0.3 is 23.7 Å². The molecule has 0 saturated heterocycles. The van der Waals surface area contributed by atoms with Crippen molar-refractivity contribution in [2.24, 2.45) is 4.99 Å². The van der Waals surface area contributed by atoms with Gasteiger partial charge in [-0.1, -0.05) is 59.9 Å². The van der Waals surface area contributed by atoms with Gasteiger partial charge >= 0.3 is 5.97 Å². The number of carbonyl (C=O) groups is 1. The number of halogens is 1. The van der Waals surface area contributed by atoms with E-state index in [2.05, 4.69) is 45.8 Å². The standard InChI is InChI=1S/C37H33IN2O7S/c1-5-45-29-15-14-23(17-30(29)46-6-2)33-28(36(42)44-4)20-39-37-40(33)35(41)32(48-37)18-25-16-26(38)19-31(43-3)34(25)47-21-24-12-9-11-22-10-7-8-13-27(22)24/h7-20,33H,5-6,21H2,1-4H3/b32-18+/t33-/m1/s1. The van der Waals surface area contributed by atoms with E-state index in [1.807, 2.05) is 56.3 Å². The molecular weight excluding hydrogens is 743 g/mol. The monoisotopic (exact) mass is 776 g/mol. The second-order valence-electron chi connectivity index (χ2n) is 10.7. The number of rotatable bonds is 11. The van der Waals surface area contributed by atoms with Gasteiger partial charge in [-0.15, -0.1) is 0 Å². The lowest BCUT2D eigenvalue weighted by Gasteiger charge is -2.23. The van der Waals surface area contributed by atoms with Crippen LogP contribution in [-0.2, 0) is 16.1 Å². The summed E-state index contributed by atoms with van der Waals surface area (Å²) < 4.78 is 31.8. The summed E-state index contributed by atoms with van der Waals surface area (Å²) in [6.07, 6.45) is 3.26. The van der Waals surface area contributed by atoms with Gasteiger partial charge in [-0.05, 0) is 88.7 Å². The summed E-state index contributed by atoms with van der Waals surface area (Å²) in [5.74, 6) is 1.56. The molecule has 6 rings (SSSR count). The first kappa shape index (κ1) is 33.3. The predicted molar refractivity (Wildman–Crippen MR) is 194 cm³/mol. The smallest absolute Gasteiger partial charge is 0.337 e. The van der Waals surface area contributed by atoms with E-state index in [0.717, 1.165) is 19.9 Å². The Bertz CT molecular complexity index is 2220. The largest absolute Gasteiger partial charge is 0.493 e. The molecule has 2 heterocycles. The van der Waals surface area contributed by atoms with Crippen molar-refractivity contribution < 1.29 is 28.5 Å². The Morgan fingerprint density at radius 2 is 1.71 bits per heavy atom. The zero-order chi connectivity index (χ0) is 33.8. The van der Waals surface area contributed by atoms with Crippen LogP contribution in [0.2, 0.25) is 0 Å². The maximum atomic E-state index is 14.3. The Morgan fingerprint density at radius 1 is 0.938 bits per heavy atom. The fourth-order valence-electron chi connectivity index (χ4n) is 5.70. The third-order valence-corrected chi connectivity index (χ3v) is 9.43. The molecule has 1 aliphatic heterocycles. The fourth-order valence-corrected chi connectivity index (χ4v) is 7.28. The van der Waals surface area contributed by atoms with E-state index in [1.54, 1.807) is 25.3 Å². The summed E-state index contributed by atoms with van der Waals surface area (Å²) in [5, 5.41) is 2.22. The normalized spacial score (nSPS) is 14.1. The highest BCUT2D eigenvalue weighted by atomic mass is 127. The van der Waals surface area contributed by atoms with E-state index in [9.17, 15) is 9.59 Å². The van der Waals surface area contributed by atoms with Gasteiger partial charge in [0, 0.05) is 15.3 Å². The van der Waals surface area contributed by atoms with Crippen LogP contribution >= 0.6 is 33.9 Å². The summed E-state index contributed by atoms with van der Waals surface area (Å²) in [6.45, 7) is 4.94. The minimum atomic E-state index is -0.807. The molecule has 0 saturated carbocycles. The van der Waals surface area contributed by atoms with Gasteiger partial charge in [0.05, 0.1) is 43.6 Å². The topological polar surface area (TPSA) is 97.6 Å². The van der Waals surface area contributed by atoms with Crippen LogP contribution in [0.5, 0.6) is 23.0 Å². The summed E-state index contributed by atoms with van der Waals surface area (Å²) in [6, 6.07) is 22.7. The average Bonchev–Trinajstić information content (AvgIpc) is 3.42. The van der Waals surface area contributed by atoms with Crippen molar-refractivity contribution in [3.63, 3.8) is 0 Å². The van der Waals surface area contributed by atoms with Crippen LogP contribution in [0.1, 0.15) is 36.6 Å². The van der Waals surface area contributed by atoms with Crippen LogP contribution in [0.4, 0.5) is 0 Å². The van der Waals surface area contributed by atoms with Gasteiger partial charge in [0.15, 0.2) is 27.8 Å². The average molecular weight is 777 g/mol. The number of carbonyl (C=O) groups excluding carboxylic acids is 1. The fraction of sp³-hybridized carbons (Fsp3) is 0.216. The van der Waals surface area contributed by atoms with Gasteiger partial charge in [0.25, 0.3) is 5.56 Å². The molecule has 1 aromatic heterocycles. The van der Waals surface area contributed by atoms with E-state index in [1.165, 1.54) is 29.2 Å². The first-order valence-corrected chi connectivity index (χ1v) is 17.2. The molecule has 48 heavy (non-hydrogen) atoms. The Morgan fingerprint density at radius 3 is 2.48 bits per heavy atom. The van der Waals surface area contributed by atoms with Crippen LogP contribution in [0.3, 0.4) is 0 Å². The highest BCUT2D eigenvalue weighted by Crippen LogP contribution is 2.37. The highest BCUT2D eigenvalue weighted by Gasteiger charge is 2.31. The van der Waals surface area contributed by atoms with Crippen molar-refractivity contribution in [1.82, 2.24) is 4.57 Å². The quantitative estimate of drug-likeness (QED) is 0.117. The second kappa shape index (κ2) is 14.7. The number of benzene rings is 4. The minimum Gasteiger partial charge on any atom is -0.493 e. The molecular formula is C37H33IN2O7S. The van der Waals surface area contributed by atoms with Crippen LogP contribution in [0.15, 0.2) is 94.4 Å². The highest BCUT2D eigenvalue weighted by molar-refractivity contribution is 14.1. The number of hydrogen-bond donors (Lipinski definition) is 0. The predicted octanol–water partition coefficient (Wildman–Crippen LogP) is 6.16. The Kier molecular flexibility index (Phi) is 10.2. The molecule has 0 radical (unpaired) electrons. The van der Waals surface area contributed by atoms with Gasteiger partial charge in [-0.25, -0.2) is 9.79 Å². The molecule has 9 nitrogen and oxygen atoms in total. The van der Waals surface area contributed by atoms with E-state index < -0.39 is 12.0 Å². The van der Waals surface area contributed by atoms with Gasteiger partial charge in [0.2, 0.25) is 0 Å². The molecule has 11 heteroatoms. The van der Waals surface area contributed by atoms with E-state index in [4.69, 9.17) is 23.7 Å². The van der Waals surface area contributed by atoms with Crippen molar-refractivity contribution >= 4 is 56.7 Å². The third kappa shape index (κ3) is 6.56. The molecule has 0 unspecified atom stereocenters. The van der Waals surface area contributed by atoms with Crippen molar-refractivity contribution in [3.05, 3.63) is 125 Å². The molecule has 1 atom stereocenters. The molecule has 246 valence electrons. The van der Waals surface area contributed by atoms with Crippen LogP contribution in [-0.4, -0.2) is 38.0 Å². The first-order valence-electron chi connectivity index (χ1n) is 15.3. The number of fused-ring (bicyclic) bond motifs is 2. The van der Waals surface area contributed by atoms with Gasteiger partial charge in [-0.2, -0.15) is 0 Å². The van der Waals surface area contributed by atoms with E-state index in [-0.39, 0.29) is 11.1 Å². The van der Waals surface area contributed by atoms with E-state index in [0.29, 0.717) is 63.3 Å². The molecule has 0 fully saturated rings. The number of aromatic nitrogens is 1. The first-order chi connectivity index (χ1) is 23.4. The molecule has 0 N–H and O–H groups in total. The molecule has 1 aliphatic rings. The number of esters is 1. The van der Waals surface area contributed by atoms with Crippen molar-refractivity contribution in [1.29, 1.82) is 0 Å². The third-order valence-electron chi connectivity index (χ3n) is 7.81. The molecule has 5 aromatic rings. The molecule has 4 aromatic carbocycles. The van der Waals surface area contributed by atoms with Crippen molar-refractivity contribution in [2.75, 3.05) is 27.4 Å². The van der Waals surface area contributed by atoms with Crippen LogP contribution in [0, 0.1) is 3.57 Å². The Hall–Kier alpha value is -4.62. The number of ether oxygens (including phenoxy) is 5. The lowest BCUT2D eigenvalue weighted by Crippen LogP contribution is -2.39. The molecule has 0 bridgehead atoms. The minimum absolute atomic E-state index is 0.220. The number of methoxy groups -OCH3 is 2. The molecule has 0 spiro atoms. The zero-order valence-electron chi connectivity index (χ0n) is 26.8. The van der Waals surface area contributed by atoms with E-state index >= 15 is 0 Å². The SMILES string of the molecule is CCOc1ccc([C@@H]2C(C(=O)OC)=CN=c3s/c(=C/c4cc(I)cc(OC)c4OCc4cccc5ccccc45)c(=O)n32)cc1OCC. The van der Waals surface area contributed by atoms with Gasteiger partial charge in [0.1, 0.15) is 6.61 Å². The van der Waals surface area contributed by atoms with Crippen molar-refractivity contribution in [3.8, 4) is 23.0 Å². The molecule has 0 aliphatic carbocycles. The van der Waals surface area contributed by atoms with Crippen LogP contribution < -0.4 is 33.8 Å². The second-order valence-corrected chi connectivity index (χ2v) is 13.0. The Balaban J connectivity index is 1.47. The number of thiazole rings is 1. The number of nitrogens with zero attached hydrogens (tertiary/aromatic N) is 2.